The van der Waals surface area contributed by atoms with Crippen LogP contribution >= 0.6 is 0 Å². The minimum Gasteiger partial charge on any atom is -0.378 e. The first-order valence-electron chi connectivity index (χ1n) is 3.23. The summed E-state index contributed by atoms with van der Waals surface area (Å²) in [6.45, 7) is 1.39. The van der Waals surface area contributed by atoms with Crippen molar-refractivity contribution in [3.63, 3.8) is 0 Å². The normalized spacial score (nSPS) is 30.6. The first-order valence-corrected chi connectivity index (χ1v) is 3.23. The van der Waals surface area contributed by atoms with E-state index >= 15 is 0 Å². The molecule has 0 aliphatic heterocycles. The molecule has 0 amide bonds. The van der Waals surface area contributed by atoms with Crippen molar-refractivity contribution in [1.29, 1.82) is 0 Å². The van der Waals surface area contributed by atoms with Crippen LogP contribution in [-0.2, 0) is 4.79 Å². The van der Waals surface area contributed by atoms with Crippen LogP contribution in [0.2, 0.25) is 0 Å². The third kappa shape index (κ3) is 1.16. The van der Waals surface area contributed by atoms with Crippen molar-refractivity contribution < 1.29 is 9.90 Å². The highest BCUT2D eigenvalue weighted by atomic mass is 16.3. The molecule has 0 aromatic heterocycles. The Balaban J connectivity index is 2.80. The van der Waals surface area contributed by atoms with E-state index in [4.69, 9.17) is 0 Å². The third-order valence-electron chi connectivity index (χ3n) is 1.66. The highest BCUT2D eigenvalue weighted by Crippen LogP contribution is 2.17. The Bertz CT molecular complexity index is 203. The Morgan fingerprint density at radius 1 is 1.60 bits per heavy atom. The minimum absolute atomic E-state index is 0.201. The van der Waals surface area contributed by atoms with E-state index in [-0.39, 0.29) is 5.78 Å². The summed E-state index contributed by atoms with van der Waals surface area (Å²) < 4.78 is 0. The molecule has 0 heterocycles. The SMILES string of the molecule is CC(=O)[C@]1(O)C=CC=CC1. The van der Waals surface area contributed by atoms with Crippen LogP contribution in [0.4, 0.5) is 0 Å². The summed E-state index contributed by atoms with van der Waals surface area (Å²) in [6, 6.07) is 0. The Morgan fingerprint density at radius 3 is 2.60 bits per heavy atom. The van der Waals surface area contributed by atoms with Gasteiger partial charge in [0.15, 0.2) is 5.78 Å². The lowest BCUT2D eigenvalue weighted by atomic mass is 9.92. The van der Waals surface area contributed by atoms with Crippen molar-refractivity contribution in [2.24, 2.45) is 0 Å². The molecule has 0 aromatic rings. The molecular weight excluding hydrogens is 128 g/mol. The van der Waals surface area contributed by atoms with E-state index in [9.17, 15) is 9.90 Å². The van der Waals surface area contributed by atoms with Crippen molar-refractivity contribution in [3.8, 4) is 0 Å². The number of allylic oxidation sites excluding steroid dienone is 2. The van der Waals surface area contributed by atoms with Crippen LogP contribution in [0, 0.1) is 0 Å². The lowest BCUT2D eigenvalue weighted by Crippen LogP contribution is -2.34. The molecule has 0 saturated heterocycles. The number of rotatable bonds is 1. The summed E-state index contributed by atoms with van der Waals surface area (Å²) in [5.74, 6) is -0.201. The standard InChI is InChI=1S/C8H10O2/c1-7(9)8(10)5-3-2-4-6-8/h2-5,10H,6H2,1H3/t8-/m0/s1. The summed E-state index contributed by atoms with van der Waals surface area (Å²) >= 11 is 0. The molecule has 0 unspecified atom stereocenters. The smallest absolute Gasteiger partial charge is 0.165 e. The number of carbonyl (C=O) groups excluding carboxylic acids is 1. The first-order chi connectivity index (χ1) is 4.65. The molecule has 1 N–H and O–H groups in total. The van der Waals surface area contributed by atoms with Gasteiger partial charge in [0.05, 0.1) is 0 Å². The van der Waals surface area contributed by atoms with Crippen LogP contribution in [0.5, 0.6) is 0 Å². The second kappa shape index (κ2) is 2.39. The van der Waals surface area contributed by atoms with Crippen molar-refractivity contribution in [2.75, 3.05) is 0 Å². The Hall–Kier alpha value is -0.890. The van der Waals surface area contributed by atoms with E-state index in [1.54, 1.807) is 12.2 Å². The zero-order chi connectivity index (χ0) is 7.61. The number of hydrogen-bond acceptors (Lipinski definition) is 2. The van der Waals surface area contributed by atoms with Gasteiger partial charge in [-0.1, -0.05) is 18.2 Å². The fourth-order valence-electron chi connectivity index (χ4n) is 0.870. The summed E-state index contributed by atoms with van der Waals surface area (Å²) in [7, 11) is 0. The van der Waals surface area contributed by atoms with Crippen LogP contribution in [0.1, 0.15) is 13.3 Å². The number of Topliss-reactive ketones (excluding diaryl/α,β-unsaturated/α-hetero) is 1. The second-order valence-corrected chi connectivity index (χ2v) is 2.47. The van der Waals surface area contributed by atoms with Gasteiger partial charge < -0.3 is 5.11 Å². The maximum Gasteiger partial charge on any atom is 0.165 e. The molecule has 2 nitrogen and oxygen atoms in total. The fourth-order valence-corrected chi connectivity index (χ4v) is 0.870. The van der Waals surface area contributed by atoms with Gasteiger partial charge in [-0.15, -0.1) is 0 Å². The molecular formula is C8H10O2. The van der Waals surface area contributed by atoms with Gasteiger partial charge in [-0.2, -0.15) is 0 Å². The van der Waals surface area contributed by atoms with Crippen molar-refractivity contribution in [1.82, 2.24) is 0 Å². The number of hydrogen-bond donors (Lipinski definition) is 1. The van der Waals surface area contributed by atoms with Gasteiger partial charge in [0.25, 0.3) is 0 Å². The highest BCUT2D eigenvalue weighted by molar-refractivity contribution is 5.87. The first kappa shape index (κ1) is 7.22. The monoisotopic (exact) mass is 138 g/mol. The lowest BCUT2D eigenvalue weighted by Gasteiger charge is -2.20. The number of aliphatic hydroxyl groups is 1. The minimum atomic E-state index is -1.23. The van der Waals surface area contributed by atoms with E-state index < -0.39 is 5.60 Å². The second-order valence-electron chi connectivity index (χ2n) is 2.47. The molecule has 1 rings (SSSR count). The van der Waals surface area contributed by atoms with Crippen molar-refractivity contribution in [2.45, 2.75) is 18.9 Å². The molecule has 1 aliphatic carbocycles. The highest BCUT2D eigenvalue weighted by Gasteiger charge is 2.28. The van der Waals surface area contributed by atoms with Gasteiger partial charge in [-0.25, -0.2) is 0 Å². The van der Waals surface area contributed by atoms with E-state index in [0.29, 0.717) is 6.42 Å². The lowest BCUT2D eigenvalue weighted by molar-refractivity contribution is -0.130. The maximum atomic E-state index is 10.8. The van der Waals surface area contributed by atoms with Crippen LogP contribution in [0.15, 0.2) is 24.3 Å². The van der Waals surface area contributed by atoms with E-state index in [1.807, 2.05) is 6.08 Å². The quantitative estimate of drug-likeness (QED) is 0.582. The topological polar surface area (TPSA) is 37.3 Å². The van der Waals surface area contributed by atoms with Gasteiger partial charge in [-0.05, 0) is 13.0 Å². The molecule has 0 radical (unpaired) electrons. The summed E-state index contributed by atoms with van der Waals surface area (Å²) in [4.78, 5) is 10.8. The maximum absolute atomic E-state index is 10.8. The summed E-state index contributed by atoms with van der Waals surface area (Å²) in [5, 5.41) is 9.46. The Labute approximate surface area is 59.9 Å². The Morgan fingerprint density at radius 2 is 2.30 bits per heavy atom. The molecule has 0 bridgehead atoms. The number of ketones is 1. The summed E-state index contributed by atoms with van der Waals surface area (Å²) in [6.07, 6.45) is 7.21. The largest absolute Gasteiger partial charge is 0.378 e. The average molecular weight is 138 g/mol. The third-order valence-corrected chi connectivity index (χ3v) is 1.66. The van der Waals surface area contributed by atoms with Crippen molar-refractivity contribution in [3.05, 3.63) is 24.3 Å². The summed E-state index contributed by atoms with van der Waals surface area (Å²) in [5.41, 5.74) is -1.23. The molecule has 1 aliphatic rings. The van der Waals surface area contributed by atoms with Crippen LogP contribution < -0.4 is 0 Å². The van der Waals surface area contributed by atoms with E-state index in [1.165, 1.54) is 13.0 Å². The van der Waals surface area contributed by atoms with Gasteiger partial charge in [0.2, 0.25) is 0 Å². The molecule has 1 atom stereocenters. The Kier molecular flexibility index (Phi) is 1.72. The van der Waals surface area contributed by atoms with Gasteiger partial charge >= 0.3 is 0 Å². The molecule has 0 saturated carbocycles. The van der Waals surface area contributed by atoms with Gasteiger partial charge in [0.1, 0.15) is 5.60 Å². The average Bonchev–Trinajstić information content (AvgIpc) is 1.89. The molecule has 10 heavy (non-hydrogen) atoms. The van der Waals surface area contributed by atoms with Gasteiger partial charge in [-0.3, -0.25) is 4.79 Å². The molecule has 0 aromatic carbocycles. The van der Waals surface area contributed by atoms with Crippen molar-refractivity contribution >= 4 is 5.78 Å². The fraction of sp³-hybridized carbons (Fsp3) is 0.375. The van der Waals surface area contributed by atoms with Crippen LogP contribution in [0.25, 0.3) is 0 Å². The molecule has 2 heteroatoms. The van der Waals surface area contributed by atoms with Crippen LogP contribution in [0.3, 0.4) is 0 Å². The number of carbonyl (C=O) groups is 1. The molecule has 54 valence electrons. The van der Waals surface area contributed by atoms with E-state index in [0.717, 1.165) is 0 Å². The zero-order valence-electron chi connectivity index (χ0n) is 5.87. The zero-order valence-corrected chi connectivity index (χ0v) is 5.87. The molecule has 0 spiro atoms. The van der Waals surface area contributed by atoms with Gasteiger partial charge in [0, 0.05) is 6.42 Å². The van der Waals surface area contributed by atoms with Crippen LogP contribution in [-0.4, -0.2) is 16.5 Å². The van der Waals surface area contributed by atoms with E-state index in [2.05, 4.69) is 0 Å². The molecule has 0 fully saturated rings. The predicted molar refractivity (Wildman–Crippen MR) is 38.5 cm³/mol. The predicted octanol–water partition coefficient (Wildman–Crippen LogP) is 0.823.